The van der Waals surface area contributed by atoms with Gasteiger partial charge in [-0.1, -0.05) is 36.4 Å². The van der Waals surface area contributed by atoms with Crippen molar-refractivity contribution in [2.75, 3.05) is 19.7 Å². The van der Waals surface area contributed by atoms with E-state index in [9.17, 15) is 49.0 Å². The van der Waals surface area contributed by atoms with E-state index in [-0.39, 0.29) is 16.7 Å². The number of aliphatic hydroxyl groups excluding tert-OH is 1. The van der Waals surface area contributed by atoms with Crippen LogP contribution in [0.15, 0.2) is 48.5 Å². The molecule has 208 valence electrons. The number of halogens is 11. The fourth-order valence-corrected chi connectivity index (χ4v) is 3.31. The first-order chi connectivity index (χ1) is 16.8. The molecule has 0 fully saturated rings. The maximum Gasteiger partial charge on any atom is 0.458 e. The Kier molecular flexibility index (Phi) is 9.75. The molecule has 0 heterocycles. The molecule has 2 unspecified atom stereocenters. The molecule has 2 aromatic carbocycles. The minimum Gasteiger partial charge on any atom is -0.487 e. The van der Waals surface area contributed by atoms with Crippen molar-refractivity contribution >= 4 is 11.6 Å². The quantitative estimate of drug-likeness (QED) is 0.232. The van der Waals surface area contributed by atoms with Gasteiger partial charge in [-0.25, -0.2) is 8.78 Å². The smallest absolute Gasteiger partial charge is 0.458 e. The lowest BCUT2D eigenvalue weighted by molar-refractivity contribution is -0.289. The lowest BCUT2D eigenvalue weighted by Crippen LogP contribution is -2.46. The van der Waals surface area contributed by atoms with E-state index in [0.29, 0.717) is 22.6 Å². The summed E-state index contributed by atoms with van der Waals surface area (Å²) in [7, 11) is 0. The standard InChI is InChI=1S/C23H22ClF10NO2/c1-14(24)16-4-8-18(9-5-16)37-13-20(25,26)12-35(11-19(36)22(29,30)31)10-15-2-6-17(7-3-15)21(27,28)23(32,33)34/h2-9,14,19,36H,10-13H2,1H3. The lowest BCUT2D eigenvalue weighted by atomic mass is 10.1. The molecule has 0 saturated carbocycles. The van der Waals surface area contributed by atoms with E-state index in [4.69, 9.17) is 16.3 Å². The minimum absolute atomic E-state index is 0.0313. The number of hydrogen-bond donors (Lipinski definition) is 1. The van der Waals surface area contributed by atoms with Gasteiger partial charge in [0, 0.05) is 18.7 Å². The van der Waals surface area contributed by atoms with Crippen LogP contribution in [0.2, 0.25) is 0 Å². The van der Waals surface area contributed by atoms with Gasteiger partial charge in [-0.15, -0.1) is 11.6 Å². The molecule has 2 atom stereocenters. The van der Waals surface area contributed by atoms with Crippen LogP contribution in [0.25, 0.3) is 0 Å². The van der Waals surface area contributed by atoms with E-state index in [1.165, 1.54) is 24.3 Å². The molecule has 0 aliphatic rings. The molecule has 0 radical (unpaired) electrons. The molecule has 1 N–H and O–H groups in total. The van der Waals surface area contributed by atoms with Crippen LogP contribution in [-0.2, 0) is 12.5 Å². The van der Waals surface area contributed by atoms with Crippen molar-refractivity contribution in [2.24, 2.45) is 0 Å². The number of nitrogens with zero attached hydrogens (tertiary/aromatic N) is 1. The zero-order valence-electron chi connectivity index (χ0n) is 19.1. The number of alkyl halides is 11. The highest BCUT2D eigenvalue weighted by molar-refractivity contribution is 6.20. The molecule has 0 bridgehead atoms. The summed E-state index contributed by atoms with van der Waals surface area (Å²) in [5.41, 5.74) is -0.885. The second-order valence-corrected chi connectivity index (χ2v) is 8.98. The van der Waals surface area contributed by atoms with Gasteiger partial charge in [0.25, 0.3) is 5.92 Å². The van der Waals surface area contributed by atoms with Gasteiger partial charge in [0.05, 0.1) is 11.9 Å². The Morgan fingerprint density at radius 2 is 1.41 bits per heavy atom. The Bertz CT molecular complexity index is 993. The molecule has 37 heavy (non-hydrogen) atoms. The maximum absolute atomic E-state index is 14.6. The molecule has 0 aliphatic carbocycles. The molecule has 0 aromatic heterocycles. The molecule has 2 rings (SSSR count). The highest BCUT2D eigenvalue weighted by Gasteiger charge is 2.58. The molecular weight excluding hydrogens is 548 g/mol. The second-order valence-electron chi connectivity index (χ2n) is 8.33. The summed E-state index contributed by atoms with van der Waals surface area (Å²) < 4.78 is 137. The van der Waals surface area contributed by atoms with E-state index >= 15 is 0 Å². The Labute approximate surface area is 210 Å². The van der Waals surface area contributed by atoms with Gasteiger partial charge in [-0.3, -0.25) is 4.90 Å². The van der Waals surface area contributed by atoms with Crippen molar-refractivity contribution < 1.29 is 53.7 Å². The predicted octanol–water partition coefficient (Wildman–Crippen LogP) is 7.08. The zero-order valence-corrected chi connectivity index (χ0v) is 19.8. The van der Waals surface area contributed by atoms with Crippen LogP contribution in [0.5, 0.6) is 5.75 Å². The summed E-state index contributed by atoms with van der Waals surface area (Å²) in [6.07, 6.45) is -14.1. The minimum atomic E-state index is -5.89. The number of aliphatic hydroxyl groups is 1. The summed E-state index contributed by atoms with van der Waals surface area (Å²) in [5, 5.41) is 9.02. The van der Waals surface area contributed by atoms with Crippen molar-refractivity contribution in [1.82, 2.24) is 4.90 Å². The molecule has 2 aromatic rings. The molecule has 0 aliphatic heterocycles. The Morgan fingerprint density at radius 1 is 0.865 bits per heavy atom. The van der Waals surface area contributed by atoms with E-state index in [1.54, 1.807) is 6.92 Å². The first-order valence-corrected chi connectivity index (χ1v) is 11.0. The van der Waals surface area contributed by atoms with Crippen molar-refractivity contribution in [3.05, 3.63) is 65.2 Å². The van der Waals surface area contributed by atoms with Gasteiger partial charge < -0.3 is 9.84 Å². The summed E-state index contributed by atoms with van der Waals surface area (Å²) >= 11 is 5.90. The number of ether oxygens (including phenoxy) is 1. The first kappa shape index (κ1) is 31.0. The molecule has 3 nitrogen and oxygen atoms in total. The van der Waals surface area contributed by atoms with Crippen molar-refractivity contribution in [3.8, 4) is 5.75 Å². The zero-order chi connectivity index (χ0) is 28.2. The van der Waals surface area contributed by atoms with Crippen molar-refractivity contribution in [1.29, 1.82) is 0 Å². The third-order valence-corrected chi connectivity index (χ3v) is 5.38. The molecule has 0 spiro atoms. The average Bonchev–Trinajstić information content (AvgIpc) is 2.76. The summed E-state index contributed by atoms with van der Waals surface area (Å²) in [6.45, 7) is -2.95. The normalized spacial score (nSPS) is 15.1. The van der Waals surface area contributed by atoms with Crippen LogP contribution in [-0.4, -0.2) is 54.1 Å². The fraction of sp³-hybridized carbons (Fsp3) is 0.478. The molecular formula is C23H22ClF10NO2. The monoisotopic (exact) mass is 569 g/mol. The van der Waals surface area contributed by atoms with Gasteiger partial charge in [-0.2, -0.15) is 35.1 Å². The fourth-order valence-electron chi connectivity index (χ4n) is 3.17. The Hall–Kier alpha value is -2.25. The van der Waals surface area contributed by atoms with Gasteiger partial charge in [0.1, 0.15) is 5.75 Å². The van der Waals surface area contributed by atoms with Crippen LogP contribution in [0.3, 0.4) is 0 Å². The second kappa shape index (κ2) is 11.6. The van der Waals surface area contributed by atoms with Crippen molar-refractivity contribution in [3.63, 3.8) is 0 Å². The van der Waals surface area contributed by atoms with Gasteiger partial charge in [-0.05, 0) is 30.2 Å². The summed E-state index contributed by atoms with van der Waals surface area (Å²) in [6, 6.07) is 8.08. The number of rotatable bonds is 11. The maximum atomic E-state index is 14.6. The van der Waals surface area contributed by atoms with E-state index in [1.807, 2.05) is 0 Å². The highest BCUT2D eigenvalue weighted by atomic mass is 35.5. The van der Waals surface area contributed by atoms with Gasteiger partial charge in [0.15, 0.2) is 12.7 Å². The van der Waals surface area contributed by atoms with Crippen LogP contribution in [0.4, 0.5) is 43.9 Å². The SMILES string of the molecule is CC(Cl)c1ccc(OCC(F)(F)CN(Cc2ccc(C(F)(F)C(F)(F)F)cc2)CC(O)C(F)(F)F)cc1. The number of benzene rings is 2. The van der Waals surface area contributed by atoms with E-state index in [0.717, 1.165) is 12.1 Å². The largest absolute Gasteiger partial charge is 0.487 e. The Balaban J connectivity index is 2.16. The summed E-state index contributed by atoms with van der Waals surface area (Å²) in [5.74, 6) is -8.90. The summed E-state index contributed by atoms with van der Waals surface area (Å²) in [4.78, 5) is 0.497. The first-order valence-electron chi connectivity index (χ1n) is 10.6. The van der Waals surface area contributed by atoms with Crippen LogP contribution in [0.1, 0.15) is 29.0 Å². The third-order valence-electron chi connectivity index (χ3n) is 5.13. The Morgan fingerprint density at radius 3 is 1.86 bits per heavy atom. The third kappa shape index (κ3) is 8.92. The molecule has 0 saturated heterocycles. The highest BCUT2D eigenvalue weighted by Crippen LogP contribution is 2.43. The van der Waals surface area contributed by atoms with Crippen LogP contribution < -0.4 is 4.74 Å². The van der Waals surface area contributed by atoms with Crippen LogP contribution >= 0.6 is 11.6 Å². The lowest BCUT2D eigenvalue weighted by Gasteiger charge is -2.30. The topological polar surface area (TPSA) is 32.7 Å². The number of hydrogen-bond acceptors (Lipinski definition) is 3. The van der Waals surface area contributed by atoms with Crippen LogP contribution in [0, 0.1) is 0 Å². The average molecular weight is 570 g/mol. The van der Waals surface area contributed by atoms with E-state index in [2.05, 4.69) is 0 Å². The predicted molar refractivity (Wildman–Crippen MR) is 115 cm³/mol. The van der Waals surface area contributed by atoms with Gasteiger partial charge in [0.2, 0.25) is 0 Å². The van der Waals surface area contributed by atoms with Gasteiger partial charge >= 0.3 is 18.3 Å². The molecule has 0 amide bonds. The van der Waals surface area contributed by atoms with Crippen molar-refractivity contribution in [2.45, 2.75) is 49.1 Å². The molecule has 14 heteroatoms. The van der Waals surface area contributed by atoms with E-state index < -0.39 is 62.1 Å².